The zero-order valence-corrected chi connectivity index (χ0v) is 5.84. The van der Waals surface area contributed by atoms with Gasteiger partial charge in [0.05, 0.1) is 6.61 Å². The lowest BCUT2D eigenvalue weighted by molar-refractivity contribution is 0.320. The minimum absolute atomic E-state index is 0.347. The molecular weight excluding hydrogens is 140 g/mol. The predicted molar refractivity (Wildman–Crippen MR) is 33.3 cm³/mol. The standard InChI is InChI=1S/C5H9O3S/c6-9(7)8-4-3-5-1-2-5/h1,5,9H,2-4H2. The molecule has 0 heterocycles. The number of rotatable bonds is 4. The van der Waals surface area contributed by atoms with Gasteiger partial charge in [0.25, 0.3) is 11.0 Å². The van der Waals surface area contributed by atoms with Crippen LogP contribution in [0.5, 0.6) is 0 Å². The third kappa shape index (κ3) is 3.48. The number of hydrogen-bond acceptors (Lipinski definition) is 3. The zero-order chi connectivity index (χ0) is 6.69. The van der Waals surface area contributed by atoms with Crippen LogP contribution in [0.4, 0.5) is 0 Å². The van der Waals surface area contributed by atoms with Crippen LogP contribution in [-0.4, -0.2) is 15.0 Å². The molecule has 0 aromatic heterocycles. The van der Waals surface area contributed by atoms with Gasteiger partial charge in [0.2, 0.25) is 0 Å². The Balaban J connectivity index is 1.92. The van der Waals surface area contributed by atoms with Gasteiger partial charge in [-0.3, -0.25) is 4.18 Å². The molecule has 53 valence electrons. The summed E-state index contributed by atoms with van der Waals surface area (Å²) in [6, 6.07) is 0. The molecule has 0 saturated heterocycles. The van der Waals surface area contributed by atoms with Gasteiger partial charge in [0, 0.05) is 0 Å². The van der Waals surface area contributed by atoms with Crippen molar-refractivity contribution in [3.05, 3.63) is 6.42 Å². The Kier molecular flexibility index (Phi) is 2.48. The third-order valence-corrected chi connectivity index (χ3v) is 1.65. The Morgan fingerprint density at radius 1 is 1.67 bits per heavy atom. The topological polar surface area (TPSA) is 43.4 Å². The monoisotopic (exact) mass is 149 g/mol. The minimum Gasteiger partial charge on any atom is -0.272 e. The summed E-state index contributed by atoms with van der Waals surface area (Å²) in [5.74, 6) is 0.625. The lowest BCUT2D eigenvalue weighted by Gasteiger charge is -1.91. The maximum absolute atomic E-state index is 9.81. The van der Waals surface area contributed by atoms with E-state index in [-0.39, 0.29) is 0 Å². The first-order chi connectivity index (χ1) is 4.29. The average Bonchev–Trinajstić information content (AvgIpc) is 2.48. The average molecular weight is 149 g/mol. The van der Waals surface area contributed by atoms with Gasteiger partial charge in [0.1, 0.15) is 0 Å². The summed E-state index contributed by atoms with van der Waals surface area (Å²) < 4.78 is 23.9. The molecule has 0 aromatic carbocycles. The largest absolute Gasteiger partial charge is 0.272 e. The summed E-state index contributed by atoms with van der Waals surface area (Å²) >= 11 is 0. The fraction of sp³-hybridized carbons (Fsp3) is 0.800. The molecule has 4 heteroatoms. The molecule has 1 aliphatic rings. The van der Waals surface area contributed by atoms with Crippen LogP contribution in [-0.2, 0) is 15.2 Å². The normalized spacial score (nSPS) is 18.8. The van der Waals surface area contributed by atoms with E-state index in [9.17, 15) is 8.42 Å². The van der Waals surface area contributed by atoms with Crippen molar-refractivity contribution in [2.75, 3.05) is 6.61 Å². The van der Waals surface area contributed by atoms with E-state index in [0.717, 1.165) is 12.8 Å². The molecule has 1 fully saturated rings. The molecule has 1 radical (unpaired) electrons. The van der Waals surface area contributed by atoms with E-state index in [0.29, 0.717) is 12.5 Å². The summed E-state index contributed by atoms with van der Waals surface area (Å²) in [5, 5.41) is 0. The second kappa shape index (κ2) is 3.17. The van der Waals surface area contributed by atoms with E-state index in [1.807, 2.05) is 0 Å². The molecule has 0 aromatic rings. The molecule has 1 saturated carbocycles. The second-order valence-corrected chi connectivity index (χ2v) is 2.78. The van der Waals surface area contributed by atoms with E-state index in [1.165, 1.54) is 0 Å². The highest BCUT2D eigenvalue weighted by atomic mass is 32.2. The maximum atomic E-state index is 9.81. The van der Waals surface area contributed by atoms with Crippen LogP contribution < -0.4 is 0 Å². The van der Waals surface area contributed by atoms with Crippen molar-refractivity contribution in [3.63, 3.8) is 0 Å². The Hall–Kier alpha value is -0.0900. The smallest absolute Gasteiger partial charge is 0.257 e. The van der Waals surface area contributed by atoms with E-state index >= 15 is 0 Å². The van der Waals surface area contributed by atoms with E-state index in [2.05, 4.69) is 10.6 Å². The first-order valence-electron chi connectivity index (χ1n) is 2.89. The van der Waals surface area contributed by atoms with Crippen molar-refractivity contribution >= 4 is 11.0 Å². The number of hydrogen-bond donors (Lipinski definition) is 1. The van der Waals surface area contributed by atoms with Gasteiger partial charge in [0.15, 0.2) is 0 Å². The molecule has 0 aliphatic heterocycles. The van der Waals surface area contributed by atoms with Crippen LogP contribution in [0, 0.1) is 12.3 Å². The Labute approximate surface area is 56.2 Å². The minimum atomic E-state index is -2.62. The van der Waals surface area contributed by atoms with Crippen LogP contribution in [0.2, 0.25) is 0 Å². The van der Waals surface area contributed by atoms with E-state index in [1.54, 1.807) is 0 Å². The van der Waals surface area contributed by atoms with Crippen molar-refractivity contribution < 1.29 is 12.6 Å². The van der Waals surface area contributed by atoms with Crippen LogP contribution in [0.3, 0.4) is 0 Å². The van der Waals surface area contributed by atoms with Gasteiger partial charge in [-0.1, -0.05) is 0 Å². The molecule has 9 heavy (non-hydrogen) atoms. The quantitative estimate of drug-likeness (QED) is 0.578. The Morgan fingerprint density at radius 2 is 2.33 bits per heavy atom. The molecule has 0 amide bonds. The van der Waals surface area contributed by atoms with Crippen molar-refractivity contribution in [3.8, 4) is 0 Å². The zero-order valence-electron chi connectivity index (χ0n) is 4.95. The Bertz CT molecular complexity index is 140. The molecule has 1 unspecified atom stereocenters. The fourth-order valence-corrected chi connectivity index (χ4v) is 0.865. The molecular formula is C5H9O3S. The van der Waals surface area contributed by atoms with Crippen molar-refractivity contribution in [1.82, 2.24) is 0 Å². The summed E-state index contributed by atoms with van der Waals surface area (Å²) in [5.41, 5.74) is 0. The lowest BCUT2D eigenvalue weighted by atomic mass is 10.3. The van der Waals surface area contributed by atoms with E-state index in [4.69, 9.17) is 0 Å². The molecule has 1 rings (SSSR count). The van der Waals surface area contributed by atoms with Crippen molar-refractivity contribution in [1.29, 1.82) is 0 Å². The summed E-state index contributed by atoms with van der Waals surface area (Å²) in [4.78, 5) is 0. The molecule has 1 atom stereocenters. The SMILES string of the molecule is O=[SH](=O)OCCC1[CH]C1. The molecule has 1 aliphatic carbocycles. The molecule has 0 N–H and O–H groups in total. The third-order valence-electron chi connectivity index (χ3n) is 1.25. The van der Waals surface area contributed by atoms with Crippen LogP contribution in [0.25, 0.3) is 0 Å². The summed E-state index contributed by atoms with van der Waals surface area (Å²) in [7, 11) is -2.62. The lowest BCUT2D eigenvalue weighted by Crippen LogP contribution is -1.92. The van der Waals surface area contributed by atoms with E-state index < -0.39 is 11.0 Å². The van der Waals surface area contributed by atoms with Gasteiger partial charge in [-0.15, -0.1) is 0 Å². The molecule has 3 nitrogen and oxygen atoms in total. The van der Waals surface area contributed by atoms with Crippen LogP contribution >= 0.6 is 0 Å². The Morgan fingerprint density at radius 3 is 2.78 bits per heavy atom. The highest BCUT2D eigenvalue weighted by Gasteiger charge is 2.20. The fourth-order valence-electron chi connectivity index (χ4n) is 0.611. The van der Waals surface area contributed by atoms with Gasteiger partial charge >= 0.3 is 0 Å². The van der Waals surface area contributed by atoms with Gasteiger partial charge < -0.3 is 0 Å². The first kappa shape index (κ1) is 7.02. The van der Waals surface area contributed by atoms with Crippen LogP contribution in [0.15, 0.2) is 0 Å². The second-order valence-electron chi connectivity index (χ2n) is 2.08. The van der Waals surface area contributed by atoms with Crippen molar-refractivity contribution in [2.45, 2.75) is 12.8 Å². The predicted octanol–water partition coefficient (Wildman–Crippen LogP) is 0.144. The highest BCUT2D eigenvalue weighted by Crippen LogP contribution is 2.30. The summed E-state index contributed by atoms with van der Waals surface area (Å²) in [6.07, 6.45) is 4.11. The highest BCUT2D eigenvalue weighted by molar-refractivity contribution is 7.67. The van der Waals surface area contributed by atoms with Crippen molar-refractivity contribution in [2.24, 2.45) is 5.92 Å². The molecule has 0 bridgehead atoms. The maximum Gasteiger partial charge on any atom is 0.257 e. The first-order valence-corrected chi connectivity index (χ1v) is 3.99. The summed E-state index contributed by atoms with van der Waals surface area (Å²) in [6.45, 7) is 0.347. The van der Waals surface area contributed by atoms with Crippen LogP contribution in [0.1, 0.15) is 12.8 Å². The number of thiol groups is 1. The van der Waals surface area contributed by atoms with Gasteiger partial charge in [-0.25, -0.2) is 8.42 Å². The van der Waals surface area contributed by atoms with Gasteiger partial charge in [-0.2, -0.15) is 0 Å². The van der Waals surface area contributed by atoms with Gasteiger partial charge in [-0.05, 0) is 25.2 Å². The molecule has 0 spiro atoms.